The molecule has 2 atom stereocenters. The van der Waals surface area contributed by atoms with E-state index in [1.54, 1.807) is 26.8 Å². The van der Waals surface area contributed by atoms with Crippen molar-refractivity contribution in [3.63, 3.8) is 0 Å². The number of rotatable bonds is 3. The summed E-state index contributed by atoms with van der Waals surface area (Å²) in [6.45, 7) is 5.66. The average Bonchev–Trinajstić information content (AvgIpc) is 2.93. The van der Waals surface area contributed by atoms with Crippen LogP contribution in [0.15, 0.2) is 51.8 Å². The fourth-order valence-electron chi connectivity index (χ4n) is 5.16. The van der Waals surface area contributed by atoms with Crippen molar-refractivity contribution in [3.05, 3.63) is 62.6 Å². The van der Waals surface area contributed by atoms with Crippen LogP contribution < -0.4 is 10.1 Å². The molecule has 0 spiro atoms. The van der Waals surface area contributed by atoms with Gasteiger partial charge >= 0.3 is 6.09 Å². The molecule has 14 heteroatoms. The Kier molecular flexibility index (Phi) is 9.78. The molecule has 0 radical (unpaired) electrons. The number of nitro benzene ring substituents is 1. The number of nitro groups is 1. The molecule has 0 unspecified atom stereocenters. The number of ether oxygens (including phenoxy) is 2. The van der Waals surface area contributed by atoms with Gasteiger partial charge in [0.2, 0.25) is 15.9 Å². The summed E-state index contributed by atoms with van der Waals surface area (Å²) in [5.41, 5.74) is -0.424. The zero-order valence-corrected chi connectivity index (χ0v) is 26.1. The predicted molar refractivity (Wildman–Crippen MR) is 158 cm³/mol. The molecule has 2 aromatic carbocycles. The van der Waals surface area contributed by atoms with Gasteiger partial charge in [-0.1, -0.05) is 28.1 Å². The fourth-order valence-corrected chi connectivity index (χ4v) is 7.16. The van der Waals surface area contributed by atoms with Crippen molar-refractivity contribution in [2.24, 2.45) is 0 Å². The molecule has 2 aliphatic heterocycles. The van der Waals surface area contributed by atoms with Crippen LogP contribution in [0.5, 0.6) is 5.75 Å². The number of halogens is 1. The summed E-state index contributed by atoms with van der Waals surface area (Å²) in [4.78, 5) is 38.4. The largest absolute Gasteiger partial charge is 0.492 e. The lowest BCUT2D eigenvalue weighted by atomic mass is 9.84. The van der Waals surface area contributed by atoms with Crippen LogP contribution in [0.25, 0.3) is 0 Å². The van der Waals surface area contributed by atoms with E-state index in [0.717, 1.165) is 20.4 Å². The minimum absolute atomic E-state index is 0.00103. The summed E-state index contributed by atoms with van der Waals surface area (Å²) in [5, 5.41) is 14.4. The van der Waals surface area contributed by atoms with Crippen molar-refractivity contribution in [2.75, 3.05) is 32.8 Å². The monoisotopic (exact) mass is 666 g/mol. The maximum atomic E-state index is 13.6. The minimum Gasteiger partial charge on any atom is -0.492 e. The summed E-state index contributed by atoms with van der Waals surface area (Å²) < 4.78 is 40.9. The summed E-state index contributed by atoms with van der Waals surface area (Å²) in [7, 11) is -4.27. The molecule has 42 heavy (non-hydrogen) atoms. The molecule has 2 heterocycles. The van der Waals surface area contributed by atoms with Gasteiger partial charge in [-0.2, -0.15) is 4.31 Å². The number of nitrogens with zero attached hydrogens (tertiary/aromatic N) is 3. The first-order valence-electron chi connectivity index (χ1n) is 13.7. The quantitative estimate of drug-likeness (QED) is 0.374. The van der Waals surface area contributed by atoms with Gasteiger partial charge in [0.1, 0.15) is 24.0 Å². The first-order valence-corrected chi connectivity index (χ1v) is 15.9. The molecule has 1 saturated heterocycles. The van der Waals surface area contributed by atoms with E-state index in [0.29, 0.717) is 25.1 Å². The van der Waals surface area contributed by atoms with Gasteiger partial charge in [-0.3, -0.25) is 19.8 Å². The summed E-state index contributed by atoms with van der Waals surface area (Å²) in [6, 6.07) is 9.89. The van der Waals surface area contributed by atoms with Gasteiger partial charge in [0.05, 0.1) is 4.92 Å². The number of para-hydroxylation sites is 1. The van der Waals surface area contributed by atoms with Crippen molar-refractivity contribution < 1.29 is 32.4 Å². The van der Waals surface area contributed by atoms with E-state index in [9.17, 15) is 28.1 Å². The number of carbonyl (C=O) groups excluding carboxylic acids is 2. The predicted octanol–water partition coefficient (Wildman–Crippen LogP) is 4.43. The molecule has 228 valence electrons. The summed E-state index contributed by atoms with van der Waals surface area (Å²) in [5.74, 6) is 0.0445. The topological polar surface area (TPSA) is 148 Å². The molecule has 1 fully saturated rings. The minimum atomic E-state index is -4.27. The van der Waals surface area contributed by atoms with E-state index in [1.165, 1.54) is 23.1 Å². The molecule has 1 N–H and O–H groups in total. The second-order valence-corrected chi connectivity index (χ2v) is 14.0. The highest BCUT2D eigenvalue weighted by molar-refractivity contribution is 9.10. The molecule has 0 aliphatic carbocycles. The van der Waals surface area contributed by atoms with Crippen molar-refractivity contribution in [1.82, 2.24) is 14.5 Å². The Labute approximate surface area is 253 Å². The van der Waals surface area contributed by atoms with Gasteiger partial charge in [0.25, 0.3) is 5.69 Å². The number of sulfonamides is 1. The highest BCUT2D eigenvalue weighted by Crippen LogP contribution is 2.39. The van der Waals surface area contributed by atoms with E-state index in [-0.39, 0.29) is 44.5 Å². The van der Waals surface area contributed by atoms with Crippen molar-refractivity contribution in [2.45, 2.75) is 62.5 Å². The average molecular weight is 668 g/mol. The number of hydrogen-bond acceptors (Lipinski definition) is 8. The highest BCUT2D eigenvalue weighted by Gasteiger charge is 2.40. The van der Waals surface area contributed by atoms with Crippen LogP contribution >= 0.6 is 15.9 Å². The second kappa shape index (κ2) is 13.0. The molecule has 2 aromatic rings. The molecule has 12 nitrogen and oxygen atoms in total. The number of benzene rings is 2. The normalized spacial score (nSPS) is 20.9. The zero-order valence-electron chi connectivity index (χ0n) is 23.7. The van der Waals surface area contributed by atoms with Gasteiger partial charge < -0.3 is 14.8 Å². The first kappa shape index (κ1) is 31.7. The number of hydrogen-bond donors (Lipinski definition) is 1. The van der Waals surface area contributed by atoms with Crippen LogP contribution in [0.3, 0.4) is 0 Å². The van der Waals surface area contributed by atoms with E-state index in [1.807, 2.05) is 12.1 Å². The number of fused-ring (bicyclic) bond motifs is 4. The first-order chi connectivity index (χ1) is 19.8. The maximum absolute atomic E-state index is 13.6. The highest BCUT2D eigenvalue weighted by atomic mass is 79.9. The lowest BCUT2D eigenvalue weighted by molar-refractivity contribution is -0.387. The van der Waals surface area contributed by atoms with Crippen LogP contribution in [0.4, 0.5) is 10.5 Å². The third-order valence-electron chi connectivity index (χ3n) is 7.11. The van der Waals surface area contributed by atoms with Gasteiger partial charge in [0, 0.05) is 36.7 Å². The van der Waals surface area contributed by atoms with Crippen LogP contribution in [0.1, 0.15) is 51.5 Å². The summed E-state index contributed by atoms with van der Waals surface area (Å²) in [6.07, 6.45) is 0.580. The number of nitrogens with one attached hydrogen (secondary N) is 1. The van der Waals surface area contributed by atoms with E-state index < -0.39 is 43.3 Å². The standard InChI is InChI=1S/C28H35BrN4O8S/c1-28(2,3)41-27(35)32-14-11-19-17-23(32)26(34)30-12-6-13-31(15-16-40-24-10-9-20(29)18-21(19)24)42(38,39)25-8-5-4-7-22(25)33(36)37/h4-5,7-10,18-19,23H,6,11-17H2,1-3H3,(H,30,34)/t19-,23+/m0/s1. The van der Waals surface area contributed by atoms with Gasteiger partial charge in [-0.05, 0) is 75.8 Å². The van der Waals surface area contributed by atoms with Crippen LogP contribution in [-0.4, -0.2) is 79.0 Å². The Morgan fingerprint density at radius 1 is 1.17 bits per heavy atom. The lowest BCUT2D eigenvalue weighted by Crippen LogP contribution is -2.54. The lowest BCUT2D eigenvalue weighted by Gasteiger charge is -2.39. The smallest absolute Gasteiger partial charge is 0.410 e. The number of carbonyl (C=O) groups is 2. The number of amides is 2. The third-order valence-corrected chi connectivity index (χ3v) is 9.55. The van der Waals surface area contributed by atoms with Crippen LogP contribution in [-0.2, 0) is 19.6 Å². The Morgan fingerprint density at radius 3 is 2.62 bits per heavy atom. The van der Waals surface area contributed by atoms with Gasteiger partial charge in [0.15, 0.2) is 4.90 Å². The SMILES string of the molecule is CC(C)(C)OC(=O)N1CC[C@H]2C[C@@H]1C(=O)NCCCN(S(=O)(=O)c1ccccc1[N+](=O)[O-])CCOc1ccc(Br)cc12. The van der Waals surface area contributed by atoms with Crippen molar-refractivity contribution >= 4 is 43.6 Å². The van der Waals surface area contributed by atoms with E-state index >= 15 is 0 Å². The molecular formula is C28H35BrN4O8S. The number of likely N-dealkylation sites (tertiary alicyclic amines) is 1. The molecule has 0 aromatic heterocycles. The summed E-state index contributed by atoms with van der Waals surface area (Å²) >= 11 is 3.51. The van der Waals surface area contributed by atoms with Crippen molar-refractivity contribution in [3.8, 4) is 5.75 Å². The zero-order chi connectivity index (χ0) is 30.7. The van der Waals surface area contributed by atoms with Gasteiger partial charge in [-0.25, -0.2) is 13.2 Å². The Bertz CT molecular complexity index is 1450. The molecule has 2 bridgehead atoms. The maximum Gasteiger partial charge on any atom is 0.410 e. The van der Waals surface area contributed by atoms with Crippen LogP contribution in [0, 0.1) is 10.1 Å². The van der Waals surface area contributed by atoms with Crippen molar-refractivity contribution in [1.29, 1.82) is 0 Å². The van der Waals surface area contributed by atoms with E-state index in [4.69, 9.17) is 9.47 Å². The fraction of sp³-hybridized carbons (Fsp3) is 0.500. The van der Waals surface area contributed by atoms with E-state index in [2.05, 4.69) is 21.2 Å². The van der Waals surface area contributed by atoms with Crippen LogP contribution in [0.2, 0.25) is 0 Å². The molecule has 2 amide bonds. The third kappa shape index (κ3) is 7.39. The Hall–Kier alpha value is -3.23. The Balaban J connectivity index is 1.66. The Morgan fingerprint density at radius 2 is 1.90 bits per heavy atom. The molecule has 0 saturated carbocycles. The molecule has 2 aliphatic rings. The number of piperidine rings is 1. The van der Waals surface area contributed by atoms with Gasteiger partial charge in [-0.15, -0.1) is 0 Å². The second-order valence-electron chi connectivity index (χ2n) is 11.2. The molecule has 4 rings (SSSR count). The molecular weight excluding hydrogens is 632 g/mol.